The second-order valence-electron chi connectivity index (χ2n) is 3.66. The highest BCUT2D eigenvalue weighted by Gasteiger charge is 2.33. The molecule has 2 aliphatic rings. The van der Waals surface area contributed by atoms with E-state index in [1.807, 2.05) is 23.6 Å². The molecule has 0 aromatic heterocycles. The highest BCUT2D eigenvalue weighted by Crippen LogP contribution is 2.20. The van der Waals surface area contributed by atoms with E-state index in [2.05, 4.69) is 5.32 Å². The molecule has 2 saturated heterocycles. The van der Waals surface area contributed by atoms with Crippen LogP contribution in [0.1, 0.15) is 13.3 Å². The van der Waals surface area contributed by atoms with Gasteiger partial charge in [-0.15, -0.1) is 0 Å². The van der Waals surface area contributed by atoms with Gasteiger partial charge in [-0.3, -0.25) is 4.79 Å². The maximum absolute atomic E-state index is 11.7. The van der Waals surface area contributed by atoms with Crippen LogP contribution in [-0.2, 0) is 4.79 Å². The first-order chi connectivity index (χ1) is 6.31. The minimum absolute atomic E-state index is 0.117. The number of carbonyl (C=O) groups is 1. The van der Waals surface area contributed by atoms with Gasteiger partial charge in [0.05, 0.1) is 6.04 Å². The number of rotatable bonds is 3. The van der Waals surface area contributed by atoms with Gasteiger partial charge in [0.2, 0.25) is 5.91 Å². The van der Waals surface area contributed by atoms with Crippen LogP contribution in [0.4, 0.5) is 0 Å². The molecule has 1 unspecified atom stereocenters. The standard InChI is InChI=1S/C9H16N2OS/c1-2-11-4-3-8(9(11)12)10-7-5-13-6-7/h7-8,10H,2-6H2,1H3. The van der Waals surface area contributed by atoms with Crippen molar-refractivity contribution in [3.8, 4) is 0 Å². The second kappa shape index (κ2) is 3.88. The van der Waals surface area contributed by atoms with Crippen molar-refractivity contribution in [2.75, 3.05) is 24.6 Å². The van der Waals surface area contributed by atoms with Gasteiger partial charge in [0.25, 0.3) is 0 Å². The molecule has 2 fully saturated rings. The molecule has 0 aromatic rings. The van der Waals surface area contributed by atoms with Crippen LogP contribution in [0.15, 0.2) is 0 Å². The van der Waals surface area contributed by atoms with Crippen molar-refractivity contribution < 1.29 is 4.79 Å². The van der Waals surface area contributed by atoms with Gasteiger partial charge in [0, 0.05) is 30.6 Å². The van der Waals surface area contributed by atoms with Crippen molar-refractivity contribution >= 4 is 17.7 Å². The molecule has 0 spiro atoms. The van der Waals surface area contributed by atoms with E-state index < -0.39 is 0 Å². The molecule has 0 bridgehead atoms. The molecular formula is C9H16N2OS. The first kappa shape index (κ1) is 9.34. The van der Waals surface area contributed by atoms with Crippen molar-refractivity contribution in [1.82, 2.24) is 10.2 Å². The first-order valence-corrected chi connectivity index (χ1v) is 6.09. The van der Waals surface area contributed by atoms with Gasteiger partial charge >= 0.3 is 0 Å². The Bertz CT molecular complexity index is 206. The molecule has 0 saturated carbocycles. The van der Waals surface area contributed by atoms with Crippen LogP contribution < -0.4 is 5.32 Å². The fourth-order valence-electron chi connectivity index (χ4n) is 1.82. The van der Waals surface area contributed by atoms with Crippen LogP contribution in [0.3, 0.4) is 0 Å². The van der Waals surface area contributed by atoms with Crippen molar-refractivity contribution in [2.45, 2.75) is 25.4 Å². The molecule has 1 atom stereocenters. The fourth-order valence-corrected chi connectivity index (χ4v) is 2.49. The predicted octanol–water partition coefficient (Wildman–Crippen LogP) is 0.312. The predicted molar refractivity (Wildman–Crippen MR) is 54.9 cm³/mol. The lowest BCUT2D eigenvalue weighted by molar-refractivity contribution is -0.129. The van der Waals surface area contributed by atoms with Crippen molar-refractivity contribution in [3.05, 3.63) is 0 Å². The summed E-state index contributed by atoms with van der Waals surface area (Å²) in [6, 6.07) is 0.710. The summed E-state index contributed by atoms with van der Waals surface area (Å²) < 4.78 is 0. The third-order valence-corrected chi connectivity index (χ3v) is 4.03. The summed E-state index contributed by atoms with van der Waals surface area (Å²) in [6.07, 6.45) is 0.994. The fraction of sp³-hybridized carbons (Fsp3) is 0.889. The Labute approximate surface area is 83.2 Å². The number of hydrogen-bond donors (Lipinski definition) is 1. The van der Waals surface area contributed by atoms with Crippen molar-refractivity contribution in [2.24, 2.45) is 0 Å². The Balaban J connectivity index is 1.83. The zero-order chi connectivity index (χ0) is 9.26. The summed E-state index contributed by atoms with van der Waals surface area (Å²) in [7, 11) is 0. The van der Waals surface area contributed by atoms with Gasteiger partial charge in [0.1, 0.15) is 0 Å². The summed E-state index contributed by atoms with van der Waals surface area (Å²) in [5.41, 5.74) is 0. The molecule has 0 radical (unpaired) electrons. The Morgan fingerprint density at radius 2 is 2.38 bits per heavy atom. The lowest BCUT2D eigenvalue weighted by atomic mass is 10.2. The van der Waals surface area contributed by atoms with E-state index in [1.165, 1.54) is 11.5 Å². The number of likely N-dealkylation sites (N-methyl/N-ethyl adjacent to an activating group) is 1. The second-order valence-corrected chi connectivity index (χ2v) is 4.74. The maximum Gasteiger partial charge on any atom is 0.239 e. The molecule has 0 aromatic carbocycles. The van der Waals surface area contributed by atoms with Crippen molar-refractivity contribution in [1.29, 1.82) is 0 Å². The minimum Gasteiger partial charge on any atom is -0.342 e. The summed E-state index contributed by atoms with van der Waals surface area (Å²) in [6.45, 7) is 3.84. The number of nitrogens with zero attached hydrogens (tertiary/aromatic N) is 1. The molecule has 0 aliphatic carbocycles. The van der Waals surface area contributed by atoms with Gasteiger partial charge in [-0.25, -0.2) is 0 Å². The van der Waals surface area contributed by atoms with Crippen LogP contribution in [0.25, 0.3) is 0 Å². The quantitative estimate of drug-likeness (QED) is 0.712. The van der Waals surface area contributed by atoms with E-state index in [0.717, 1.165) is 19.5 Å². The molecule has 1 amide bonds. The van der Waals surface area contributed by atoms with E-state index in [0.29, 0.717) is 11.9 Å². The van der Waals surface area contributed by atoms with E-state index in [4.69, 9.17) is 0 Å². The average Bonchev–Trinajstić information content (AvgIpc) is 2.40. The number of nitrogens with one attached hydrogen (secondary N) is 1. The molecule has 13 heavy (non-hydrogen) atoms. The maximum atomic E-state index is 11.7. The number of likely N-dealkylation sites (tertiary alicyclic amines) is 1. The Kier molecular flexibility index (Phi) is 2.79. The largest absolute Gasteiger partial charge is 0.342 e. The Hall–Kier alpha value is -0.220. The van der Waals surface area contributed by atoms with E-state index in [9.17, 15) is 4.79 Å². The Morgan fingerprint density at radius 3 is 2.85 bits per heavy atom. The Morgan fingerprint density at radius 1 is 1.62 bits per heavy atom. The smallest absolute Gasteiger partial charge is 0.239 e. The molecule has 2 aliphatic heterocycles. The van der Waals surface area contributed by atoms with Crippen LogP contribution in [0.5, 0.6) is 0 Å². The van der Waals surface area contributed by atoms with Crippen LogP contribution in [0.2, 0.25) is 0 Å². The average molecular weight is 200 g/mol. The molecule has 4 heteroatoms. The third kappa shape index (κ3) is 1.83. The lowest BCUT2D eigenvalue weighted by Crippen LogP contribution is -2.49. The highest BCUT2D eigenvalue weighted by atomic mass is 32.2. The molecular weight excluding hydrogens is 184 g/mol. The van der Waals surface area contributed by atoms with E-state index >= 15 is 0 Å². The molecule has 2 rings (SSSR count). The summed E-state index contributed by atoms with van der Waals surface area (Å²) in [5.74, 6) is 2.66. The van der Waals surface area contributed by atoms with Gasteiger partial charge in [-0.1, -0.05) is 0 Å². The normalized spacial score (nSPS) is 29.5. The van der Waals surface area contributed by atoms with Gasteiger partial charge in [-0.2, -0.15) is 11.8 Å². The van der Waals surface area contributed by atoms with E-state index in [-0.39, 0.29) is 6.04 Å². The van der Waals surface area contributed by atoms with Gasteiger partial charge < -0.3 is 10.2 Å². The number of amides is 1. The number of thioether (sulfide) groups is 1. The first-order valence-electron chi connectivity index (χ1n) is 4.94. The van der Waals surface area contributed by atoms with Crippen LogP contribution >= 0.6 is 11.8 Å². The summed E-state index contributed by atoms with van der Waals surface area (Å²) in [4.78, 5) is 13.6. The van der Waals surface area contributed by atoms with E-state index in [1.54, 1.807) is 0 Å². The molecule has 2 heterocycles. The molecule has 74 valence electrons. The number of hydrogen-bond acceptors (Lipinski definition) is 3. The third-order valence-electron chi connectivity index (χ3n) is 2.75. The monoisotopic (exact) mass is 200 g/mol. The SMILES string of the molecule is CCN1CCC(NC2CSC2)C1=O. The zero-order valence-corrected chi connectivity index (χ0v) is 8.77. The van der Waals surface area contributed by atoms with Crippen LogP contribution in [0, 0.1) is 0 Å². The highest BCUT2D eigenvalue weighted by molar-refractivity contribution is 8.00. The van der Waals surface area contributed by atoms with Gasteiger partial charge in [0.15, 0.2) is 0 Å². The van der Waals surface area contributed by atoms with Crippen molar-refractivity contribution in [3.63, 3.8) is 0 Å². The van der Waals surface area contributed by atoms with Gasteiger partial charge in [-0.05, 0) is 13.3 Å². The zero-order valence-electron chi connectivity index (χ0n) is 7.95. The number of carbonyl (C=O) groups excluding carboxylic acids is 1. The summed E-state index contributed by atoms with van der Waals surface area (Å²) in [5, 5.41) is 3.42. The molecule has 1 N–H and O–H groups in total. The lowest BCUT2D eigenvalue weighted by Gasteiger charge is -2.28. The summed E-state index contributed by atoms with van der Waals surface area (Å²) >= 11 is 1.95. The van der Waals surface area contributed by atoms with Crippen LogP contribution in [-0.4, -0.2) is 47.5 Å². The topological polar surface area (TPSA) is 32.3 Å². The minimum atomic E-state index is 0.117. The molecule has 3 nitrogen and oxygen atoms in total.